The Bertz CT molecular complexity index is 644. The van der Waals surface area contributed by atoms with Crippen LogP contribution in [0.3, 0.4) is 0 Å². The Kier molecular flexibility index (Phi) is 2.22. The first-order valence-electron chi connectivity index (χ1n) is 5.36. The van der Waals surface area contributed by atoms with Gasteiger partial charge in [-0.2, -0.15) is 0 Å². The largest absolute Gasteiger partial charge is 0.507 e. The van der Waals surface area contributed by atoms with Crippen molar-refractivity contribution in [2.75, 3.05) is 0 Å². The summed E-state index contributed by atoms with van der Waals surface area (Å²) < 4.78 is 5.65. The fourth-order valence-electron chi connectivity index (χ4n) is 1.78. The lowest BCUT2D eigenvalue weighted by molar-refractivity contribution is 0.467. The van der Waals surface area contributed by atoms with Gasteiger partial charge in [0.25, 0.3) is 0 Å². The molecular formula is C14H11NO2. The Balaban J connectivity index is 1.99. The molecule has 2 N–H and O–H groups in total. The van der Waals surface area contributed by atoms with Gasteiger partial charge in [-0.1, -0.05) is 24.3 Å². The van der Waals surface area contributed by atoms with E-state index in [1.165, 1.54) is 0 Å². The number of aromatic nitrogens is 1. The Morgan fingerprint density at radius 3 is 2.53 bits per heavy atom. The maximum atomic E-state index is 9.68. The summed E-state index contributed by atoms with van der Waals surface area (Å²) in [5.41, 5.74) is 0.857. The van der Waals surface area contributed by atoms with Gasteiger partial charge in [-0.3, -0.25) is 0 Å². The molecule has 3 aromatic rings. The highest BCUT2D eigenvalue weighted by Gasteiger charge is 2.05. The van der Waals surface area contributed by atoms with E-state index in [1.807, 2.05) is 36.4 Å². The van der Waals surface area contributed by atoms with Crippen molar-refractivity contribution in [2.45, 2.75) is 0 Å². The molecule has 17 heavy (non-hydrogen) atoms. The van der Waals surface area contributed by atoms with Crippen molar-refractivity contribution in [3.8, 4) is 17.4 Å². The number of phenolic OH excluding ortho intramolecular Hbond substituents is 1. The van der Waals surface area contributed by atoms with Crippen molar-refractivity contribution >= 4 is 10.9 Å². The van der Waals surface area contributed by atoms with Gasteiger partial charge in [-0.15, -0.1) is 0 Å². The van der Waals surface area contributed by atoms with Gasteiger partial charge in [-0.25, -0.2) is 0 Å². The predicted molar refractivity (Wildman–Crippen MR) is 66.5 cm³/mol. The van der Waals surface area contributed by atoms with Crippen molar-refractivity contribution in [3.05, 3.63) is 54.6 Å². The SMILES string of the molecule is Oc1cccc2[nH]c(Oc3ccccc3)cc12. The Hall–Kier alpha value is -2.42. The van der Waals surface area contributed by atoms with E-state index < -0.39 is 0 Å². The lowest BCUT2D eigenvalue weighted by Gasteiger charge is -2.00. The van der Waals surface area contributed by atoms with E-state index >= 15 is 0 Å². The van der Waals surface area contributed by atoms with Crippen molar-refractivity contribution in [1.29, 1.82) is 0 Å². The van der Waals surface area contributed by atoms with Gasteiger partial charge >= 0.3 is 0 Å². The van der Waals surface area contributed by atoms with Gasteiger partial charge in [0.2, 0.25) is 0 Å². The second kappa shape index (κ2) is 3.87. The van der Waals surface area contributed by atoms with Crippen LogP contribution < -0.4 is 4.74 Å². The molecule has 0 atom stereocenters. The zero-order chi connectivity index (χ0) is 11.7. The van der Waals surface area contributed by atoms with E-state index in [0.29, 0.717) is 5.88 Å². The Labute approximate surface area is 98.3 Å². The second-order valence-electron chi connectivity index (χ2n) is 3.79. The third-order valence-corrected chi connectivity index (χ3v) is 2.59. The minimum atomic E-state index is 0.252. The highest BCUT2D eigenvalue weighted by Crippen LogP contribution is 2.30. The quantitative estimate of drug-likeness (QED) is 0.699. The molecule has 2 aromatic carbocycles. The number of rotatable bonds is 2. The number of benzene rings is 2. The van der Waals surface area contributed by atoms with Crippen molar-refractivity contribution in [2.24, 2.45) is 0 Å². The highest BCUT2D eigenvalue weighted by molar-refractivity contribution is 5.87. The smallest absolute Gasteiger partial charge is 0.198 e. The molecule has 3 rings (SSSR count). The zero-order valence-electron chi connectivity index (χ0n) is 9.05. The van der Waals surface area contributed by atoms with E-state index in [0.717, 1.165) is 16.7 Å². The topological polar surface area (TPSA) is 45.2 Å². The number of aromatic amines is 1. The van der Waals surface area contributed by atoms with Gasteiger partial charge in [0, 0.05) is 11.5 Å². The maximum Gasteiger partial charge on any atom is 0.198 e. The molecule has 1 aromatic heterocycles. The van der Waals surface area contributed by atoms with Crippen molar-refractivity contribution in [3.63, 3.8) is 0 Å². The number of ether oxygens (including phenoxy) is 1. The number of phenols is 1. The minimum Gasteiger partial charge on any atom is -0.507 e. The average molecular weight is 225 g/mol. The van der Waals surface area contributed by atoms with Gasteiger partial charge < -0.3 is 14.8 Å². The number of aromatic hydroxyl groups is 1. The standard InChI is InChI=1S/C14H11NO2/c16-13-8-4-7-12-11(13)9-14(15-12)17-10-5-2-1-3-6-10/h1-9,15-16H. The molecule has 0 unspecified atom stereocenters. The van der Waals surface area contributed by atoms with Crippen LogP contribution in [0.5, 0.6) is 17.4 Å². The normalized spacial score (nSPS) is 10.6. The van der Waals surface area contributed by atoms with Crippen LogP contribution in [-0.4, -0.2) is 10.1 Å². The maximum absolute atomic E-state index is 9.68. The summed E-state index contributed by atoms with van der Waals surface area (Å²) >= 11 is 0. The van der Waals surface area contributed by atoms with Crippen LogP contribution >= 0.6 is 0 Å². The number of hydrogen-bond donors (Lipinski definition) is 2. The fourth-order valence-corrected chi connectivity index (χ4v) is 1.78. The number of hydrogen-bond acceptors (Lipinski definition) is 2. The Morgan fingerprint density at radius 2 is 1.76 bits per heavy atom. The van der Waals surface area contributed by atoms with E-state index in [2.05, 4.69) is 4.98 Å². The van der Waals surface area contributed by atoms with Crippen molar-refractivity contribution < 1.29 is 9.84 Å². The molecule has 0 aliphatic heterocycles. The molecule has 0 saturated heterocycles. The number of nitrogens with one attached hydrogen (secondary N) is 1. The third kappa shape index (κ3) is 1.83. The molecule has 0 amide bonds. The lowest BCUT2D eigenvalue weighted by Crippen LogP contribution is -1.82. The molecule has 1 heterocycles. The summed E-state index contributed by atoms with van der Waals surface area (Å²) in [7, 11) is 0. The first-order chi connectivity index (χ1) is 8.33. The third-order valence-electron chi connectivity index (χ3n) is 2.59. The number of H-pyrrole nitrogens is 1. The van der Waals surface area contributed by atoms with E-state index in [9.17, 15) is 5.11 Å². The molecule has 0 aliphatic rings. The number of para-hydroxylation sites is 1. The summed E-state index contributed by atoms with van der Waals surface area (Å²) in [4.78, 5) is 3.10. The lowest BCUT2D eigenvalue weighted by atomic mass is 10.2. The van der Waals surface area contributed by atoms with Crippen LogP contribution in [0, 0.1) is 0 Å². The van der Waals surface area contributed by atoms with Crippen LogP contribution in [-0.2, 0) is 0 Å². The van der Waals surface area contributed by atoms with Gasteiger partial charge in [0.1, 0.15) is 11.5 Å². The minimum absolute atomic E-state index is 0.252. The van der Waals surface area contributed by atoms with Gasteiger partial charge in [0.05, 0.1) is 5.52 Å². The summed E-state index contributed by atoms with van der Waals surface area (Å²) in [5, 5.41) is 10.4. The van der Waals surface area contributed by atoms with Gasteiger partial charge in [0.15, 0.2) is 5.88 Å². The van der Waals surface area contributed by atoms with Crippen molar-refractivity contribution in [1.82, 2.24) is 4.98 Å². The van der Waals surface area contributed by atoms with Gasteiger partial charge in [-0.05, 0) is 24.3 Å². The molecule has 0 spiro atoms. The fraction of sp³-hybridized carbons (Fsp3) is 0. The van der Waals surface area contributed by atoms with Crippen LogP contribution in [0.25, 0.3) is 10.9 Å². The molecule has 0 radical (unpaired) electrons. The van der Waals surface area contributed by atoms with E-state index in [4.69, 9.17) is 4.74 Å². The summed E-state index contributed by atoms with van der Waals surface area (Å²) in [6.07, 6.45) is 0. The molecule has 3 heteroatoms. The van der Waals surface area contributed by atoms with Crippen LogP contribution in [0.15, 0.2) is 54.6 Å². The molecule has 84 valence electrons. The second-order valence-corrected chi connectivity index (χ2v) is 3.79. The number of fused-ring (bicyclic) bond motifs is 1. The first-order valence-corrected chi connectivity index (χ1v) is 5.36. The summed E-state index contributed by atoms with van der Waals surface area (Å²) in [6.45, 7) is 0. The summed E-state index contributed by atoms with van der Waals surface area (Å²) in [6, 6.07) is 16.7. The summed E-state index contributed by atoms with van der Waals surface area (Å²) in [5.74, 6) is 1.63. The van der Waals surface area contributed by atoms with Crippen LogP contribution in [0.1, 0.15) is 0 Å². The highest BCUT2D eigenvalue weighted by atomic mass is 16.5. The van der Waals surface area contributed by atoms with E-state index in [1.54, 1.807) is 18.2 Å². The molecule has 0 aliphatic carbocycles. The molecule has 0 fully saturated rings. The average Bonchev–Trinajstić information content (AvgIpc) is 2.74. The zero-order valence-corrected chi connectivity index (χ0v) is 9.05. The predicted octanol–water partition coefficient (Wildman–Crippen LogP) is 3.67. The monoisotopic (exact) mass is 225 g/mol. The molecule has 3 nitrogen and oxygen atoms in total. The van der Waals surface area contributed by atoms with E-state index in [-0.39, 0.29) is 5.75 Å². The van der Waals surface area contributed by atoms with Crippen LogP contribution in [0.2, 0.25) is 0 Å². The van der Waals surface area contributed by atoms with Crippen LogP contribution in [0.4, 0.5) is 0 Å². The molecular weight excluding hydrogens is 214 g/mol. The molecule has 0 bridgehead atoms. The molecule has 0 saturated carbocycles. The Morgan fingerprint density at radius 1 is 0.941 bits per heavy atom. The first kappa shape index (κ1) is 9.78.